The molecule has 1 saturated carbocycles. The minimum Gasteiger partial charge on any atom is -0.341 e. The van der Waals surface area contributed by atoms with E-state index in [9.17, 15) is 4.79 Å². The number of likely N-dealkylation sites (tertiary alicyclic amines) is 1. The van der Waals surface area contributed by atoms with Gasteiger partial charge in [-0.05, 0) is 37.1 Å². The van der Waals surface area contributed by atoms with Crippen molar-refractivity contribution in [2.24, 2.45) is 17.3 Å². The zero-order valence-electron chi connectivity index (χ0n) is 11.0. The molecule has 2 aliphatic heterocycles. The number of carbonyl (C=O) groups excluding carboxylic acids is 1. The Labute approximate surface area is 104 Å². The molecule has 1 unspecified atom stereocenters. The molecule has 3 atom stereocenters. The van der Waals surface area contributed by atoms with Crippen LogP contribution in [0.2, 0.25) is 0 Å². The highest BCUT2D eigenvalue weighted by molar-refractivity contribution is 5.80. The Morgan fingerprint density at radius 1 is 1.29 bits per heavy atom. The van der Waals surface area contributed by atoms with Crippen LogP contribution in [0.5, 0.6) is 0 Å². The van der Waals surface area contributed by atoms with Gasteiger partial charge in [0.15, 0.2) is 0 Å². The Morgan fingerprint density at radius 3 is 2.76 bits per heavy atom. The minimum atomic E-state index is 0.224. The van der Waals surface area contributed by atoms with Crippen LogP contribution in [0.1, 0.15) is 39.5 Å². The predicted molar refractivity (Wildman–Crippen MR) is 67.6 cm³/mol. The van der Waals surface area contributed by atoms with Gasteiger partial charge in [0.05, 0.1) is 0 Å². The molecule has 3 rings (SSSR count). The fourth-order valence-corrected chi connectivity index (χ4v) is 4.03. The summed E-state index contributed by atoms with van der Waals surface area (Å²) in [5.74, 6) is 1.44. The summed E-state index contributed by atoms with van der Waals surface area (Å²) in [6, 6.07) is 0.587. The molecule has 3 heteroatoms. The van der Waals surface area contributed by atoms with Gasteiger partial charge >= 0.3 is 0 Å². The van der Waals surface area contributed by atoms with Crippen molar-refractivity contribution in [3.63, 3.8) is 0 Å². The quantitative estimate of drug-likeness (QED) is 0.750. The van der Waals surface area contributed by atoms with Crippen molar-refractivity contribution in [3.8, 4) is 0 Å². The summed E-state index contributed by atoms with van der Waals surface area (Å²) < 4.78 is 0. The van der Waals surface area contributed by atoms with Crippen molar-refractivity contribution in [1.29, 1.82) is 0 Å². The van der Waals surface area contributed by atoms with Gasteiger partial charge in [0.1, 0.15) is 0 Å². The molecule has 0 radical (unpaired) electrons. The fourth-order valence-electron chi connectivity index (χ4n) is 4.03. The zero-order valence-corrected chi connectivity index (χ0v) is 11.0. The highest BCUT2D eigenvalue weighted by atomic mass is 16.2. The van der Waals surface area contributed by atoms with Gasteiger partial charge in [0.25, 0.3) is 0 Å². The van der Waals surface area contributed by atoms with Crippen molar-refractivity contribution in [3.05, 3.63) is 0 Å². The van der Waals surface area contributed by atoms with Crippen LogP contribution in [-0.4, -0.2) is 36.5 Å². The fraction of sp³-hybridized carbons (Fsp3) is 0.929. The Hall–Kier alpha value is -0.570. The standard InChI is InChI=1S/C14H24N2O/c1-14(2)6-3-4-11(14)13(17)16-8-10-5-7-15-12(10)9-16/h10-12,15H,3-9H2,1-2H3/t10-,11?,12+/m0/s1. The van der Waals surface area contributed by atoms with E-state index in [2.05, 4.69) is 24.1 Å². The predicted octanol–water partition coefficient (Wildman–Crippen LogP) is 1.63. The Balaban J connectivity index is 1.67. The lowest BCUT2D eigenvalue weighted by atomic mass is 9.81. The molecule has 2 heterocycles. The molecule has 0 aromatic heterocycles. The van der Waals surface area contributed by atoms with Crippen LogP contribution in [-0.2, 0) is 4.79 Å². The topological polar surface area (TPSA) is 32.3 Å². The van der Waals surface area contributed by atoms with Gasteiger partial charge < -0.3 is 10.2 Å². The van der Waals surface area contributed by atoms with E-state index in [0.29, 0.717) is 11.9 Å². The van der Waals surface area contributed by atoms with E-state index < -0.39 is 0 Å². The molecule has 3 nitrogen and oxygen atoms in total. The Morgan fingerprint density at radius 2 is 2.12 bits per heavy atom. The van der Waals surface area contributed by atoms with Gasteiger partial charge in [-0.15, -0.1) is 0 Å². The second-order valence-corrected chi connectivity index (χ2v) is 6.79. The highest BCUT2D eigenvalue weighted by Gasteiger charge is 2.45. The zero-order chi connectivity index (χ0) is 12.0. The third-order valence-corrected chi connectivity index (χ3v) is 5.23. The lowest BCUT2D eigenvalue weighted by molar-refractivity contribution is -0.137. The van der Waals surface area contributed by atoms with Crippen LogP contribution in [0.15, 0.2) is 0 Å². The molecule has 1 amide bonds. The average molecular weight is 236 g/mol. The molecular formula is C14H24N2O. The van der Waals surface area contributed by atoms with E-state index in [-0.39, 0.29) is 11.3 Å². The first-order chi connectivity index (χ1) is 8.08. The molecule has 2 saturated heterocycles. The van der Waals surface area contributed by atoms with E-state index in [1.165, 1.54) is 19.3 Å². The maximum atomic E-state index is 12.6. The third-order valence-electron chi connectivity index (χ3n) is 5.23. The maximum Gasteiger partial charge on any atom is 0.226 e. The van der Waals surface area contributed by atoms with Crippen LogP contribution in [0, 0.1) is 17.3 Å². The number of hydrogen-bond acceptors (Lipinski definition) is 2. The van der Waals surface area contributed by atoms with Crippen molar-refractivity contribution in [2.45, 2.75) is 45.6 Å². The monoisotopic (exact) mass is 236 g/mol. The molecule has 0 bridgehead atoms. The normalized spacial score (nSPS) is 39.6. The molecule has 3 aliphatic rings. The van der Waals surface area contributed by atoms with Crippen molar-refractivity contribution in [1.82, 2.24) is 10.2 Å². The molecule has 1 aliphatic carbocycles. The molecule has 3 fully saturated rings. The van der Waals surface area contributed by atoms with Crippen LogP contribution < -0.4 is 5.32 Å². The van der Waals surface area contributed by atoms with Crippen molar-refractivity contribution < 1.29 is 4.79 Å². The lowest BCUT2D eigenvalue weighted by Crippen LogP contribution is -2.40. The SMILES string of the molecule is CC1(C)CCCC1C(=O)N1C[C@@H]2CCN[C@@H]2C1. The van der Waals surface area contributed by atoms with Crippen LogP contribution >= 0.6 is 0 Å². The maximum absolute atomic E-state index is 12.6. The smallest absolute Gasteiger partial charge is 0.226 e. The number of carbonyl (C=O) groups is 1. The second-order valence-electron chi connectivity index (χ2n) is 6.79. The summed E-state index contributed by atoms with van der Waals surface area (Å²) >= 11 is 0. The van der Waals surface area contributed by atoms with Gasteiger partial charge in [-0.25, -0.2) is 0 Å². The second kappa shape index (κ2) is 3.98. The van der Waals surface area contributed by atoms with Crippen LogP contribution in [0.3, 0.4) is 0 Å². The van der Waals surface area contributed by atoms with E-state index in [1.807, 2.05) is 0 Å². The largest absolute Gasteiger partial charge is 0.341 e. The van der Waals surface area contributed by atoms with Crippen LogP contribution in [0.25, 0.3) is 0 Å². The first-order valence-corrected chi connectivity index (χ1v) is 7.10. The number of nitrogens with one attached hydrogen (secondary N) is 1. The van der Waals surface area contributed by atoms with Gasteiger partial charge in [-0.3, -0.25) is 4.79 Å². The van der Waals surface area contributed by atoms with E-state index in [0.717, 1.165) is 32.0 Å². The molecule has 96 valence electrons. The summed E-state index contributed by atoms with van der Waals surface area (Å²) in [7, 11) is 0. The summed E-state index contributed by atoms with van der Waals surface area (Å²) in [4.78, 5) is 14.7. The molecule has 1 N–H and O–H groups in total. The number of fused-ring (bicyclic) bond motifs is 1. The molecule has 0 aromatic carbocycles. The summed E-state index contributed by atoms with van der Waals surface area (Å²) in [5, 5.41) is 3.52. The highest BCUT2D eigenvalue weighted by Crippen LogP contribution is 2.44. The van der Waals surface area contributed by atoms with E-state index >= 15 is 0 Å². The number of rotatable bonds is 1. The molecular weight excluding hydrogens is 212 g/mol. The number of amides is 1. The summed E-state index contributed by atoms with van der Waals surface area (Å²) in [6.07, 6.45) is 4.79. The minimum absolute atomic E-state index is 0.224. The third kappa shape index (κ3) is 1.88. The van der Waals surface area contributed by atoms with Crippen molar-refractivity contribution in [2.75, 3.05) is 19.6 Å². The molecule has 0 aromatic rings. The summed E-state index contributed by atoms with van der Waals surface area (Å²) in [5.41, 5.74) is 0.224. The number of nitrogens with zero attached hydrogens (tertiary/aromatic N) is 1. The Kier molecular flexibility index (Phi) is 2.69. The number of hydrogen-bond donors (Lipinski definition) is 1. The van der Waals surface area contributed by atoms with Gasteiger partial charge in [-0.1, -0.05) is 20.3 Å². The van der Waals surface area contributed by atoms with E-state index in [1.54, 1.807) is 0 Å². The van der Waals surface area contributed by atoms with Gasteiger partial charge in [0.2, 0.25) is 5.91 Å². The van der Waals surface area contributed by atoms with Crippen LogP contribution in [0.4, 0.5) is 0 Å². The first kappa shape index (κ1) is 11.5. The van der Waals surface area contributed by atoms with Crippen molar-refractivity contribution >= 4 is 5.91 Å². The van der Waals surface area contributed by atoms with Gasteiger partial charge in [0, 0.05) is 25.0 Å². The summed E-state index contributed by atoms with van der Waals surface area (Å²) in [6.45, 7) is 7.63. The van der Waals surface area contributed by atoms with Gasteiger partial charge in [-0.2, -0.15) is 0 Å². The molecule has 17 heavy (non-hydrogen) atoms. The Bertz CT molecular complexity index is 314. The first-order valence-electron chi connectivity index (χ1n) is 7.10. The van der Waals surface area contributed by atoms with E-state index in [4.69, 9.17) is 0 Å². The lowest BCUT2D eigenvalue weighted by Gasteiger charge is -2.30. The molecule has 0 spiro atoms. The average Bonchev–Trinajstić information content (AvgIpc) is 2.88.